The maximum atomic E-state index is 11.7. The van der Waals surface area contributed by atoms with Gasteiger partial charge in [-0.2, -0.15) is 5.26 Å². The van der Waals surface area contributed by atoms with E-state index in [1.807, 2.05) is 0 Å². The molecule has 0 aromatic heterocycles. The lowest BCUT2D eigenvalue weighted by atomic mass is 10.1. The van der Waals surface area contributed by atoms with Gasteiger partial charge in [0, 0.05) is 0 Å². The van der Waals surface area contributed by atoms with Crippen LogP contribution < -0.4 is 14.8 Å². The molecule has 0 unspecified atom stereocenters. The molecular formula is C16H16N2O4S. The summed E-state index contributed by atoms with van der Waals surface area (Å²) in [6.45, 7) is 1.55. The zero-order valence-corrected chi connectivity index (χ0v) is 13.7. The summed E-state index contributed by atoms with van der Waals surface area (Å²) in [5.41, 5.74) is 0.583. The number of nitriles is 1. The number of nitrogens with one attached hydrogen (secondary N) is 1. The number of ether oxygens (including phenoxy) is 2. The first kappa shape index (κ1) is 18.2. The number of nitrogens with zero attached hydrogens (tertiary/aromatic N) is 1. The Morgan fingerprint density at radius 2 is 1.91 bits per heavy atom. The van der Waals surface area contributed by atoms with Gasteiger partial charge in [-0.15, -0.1) is 0 Å². The van der Waals surface area contributed by atoms with Gasteiger partial charge in [-0.1, -0.05) is 24.4 Å². The molecule has 0 atom stereocenters. The lowest BCUT2D eigenvalue weighted by molar-refractivity contribution is -0.115. The Morgan fingerprint density at radius 1 is 1.35 bits per heavy atom. The second-order valence-corrected chi connectivity index (χ2v) is 4.95. The average molecular weight is 332 g/mol. The normalized spacial score (nSPS) is 11.0. The van der Waals surface area contributed by atoms with Crippen molar-refractivity contribution >= 4 is 29.2 Å². The van der Waals surface area contributed by atoms with Crippen LogP contribution in [0.1, 0.15) is 12.5 Å². The van der Waals surface area contributed by atoms with E-state index in [1.165, 1.54) is 26.4 Å². The molecule has 0 aliphatic rings. The summed E-state index contributed by atoms with van der Waals surface area (Å²) < 4.78 is 10.1. The lowest BCUT2D eigenvalue weighted by Gasteiger charge is -2.09. The molecule has 0 aliphatic heterocycles. The Balaban J connectivity index is 3.04. The number of thiocarbonyl (C=S) groups is 1. The van der Waals surface area contributed by atoms with Gasteiger partial charge >= 0.3 is 0 Å². The van der Waals surface area contributed by atoms with Crippen LogP contribution in [-0.2, 0) is 4.79 Å². The highest BCUT2D eigenvalue weighted by atomic mass is 32.1. The highest BCUT2D eigenvalue weighted by molar-refractivity contribution is 7.80. The van der Waals surface area contributed by atoms with Gasteiger partial charge in [0.05, 0.1) is 19.2 Å². The molecule has 0 spiro atoms. The second kappa shape index (κ2) is 8.56. The largest absolute Gasteiger partial charge is 0.502 e. The van der Waals surface area contributed by atoms with Gasteiger partial charge in [0.2, 0.25) is 5.75 Å². The van der Waals surface area contributed by atoms with Gasteiger partial charge in [-0.25, -0.2) is 0 Å². The van der Waals surface area contributed by atoms with E-state index >= 15 is 0 Å². The molecule has 7 heteroatoms. The molecule has 2 N–H and O–H groups in total. The van der Waals surface area contributed by atoms with Gasteiger partial charge < -0.3 is 19.9 Å². The Kier molecular flexibility index (Phi) is 6.77. The number of phenols is 1. The number of methoxy groups -OCH3 is 2. The van der Waals surface area contributed by atoms with Gasteiger partial charge in [0.15, 0.2) is 11.5 Å². The van der Waals surface area contributed by atoms with Crippen molar-refractivity contribution in [3.8, 4) is 23.3 Å². The fourth-order valence-electron chi connectivity index (χ4n) is 1.66. The van der Waals surface area contributed by atoms with Gasteiger partial charge in [0.1, 0.15) is 11.6 Å². The third-order valence-electron chi connectivity index (χ3n) is 2.71. The third-order valence-corrected chi connectivity index (χ3v) is 2.81. The molecule has 0 heterocycles. The van der Waals surface area contributed by atoms with Gasteiger partial charge in [0.25, 0.3) is 5.91 Å². The Bertz CT molecular complexity index is 692. The number of hydrogen-bond acceptors (Lipinski definition) is 6. The van der Waals surface area contributed by atoms with Crippen molar-refractivity contribution in [2.45, 2.75) is 6.92 Å². The molecule has 1 aromatic rings. The minimum absolute atomic E-state index is 0.0804. The average Bonchev–Trinajstić information content (AvgIpc) is 2.51. The summed E-state index contributed by atoms with van der Waals surface area (Å²) in [4.78, 5) is 12.0. The molecule has 0 radical (unpaired) electrons. The van der Waals surface area contributed by atoms with Crippen molar-refractivity contribution in [1.82, 2.24) is 5.32 Å². The number of amides is 1. The van der Waals surface area contributed by atoms with Crippen LogP contribution in [-0.4, -0.2) is 30.2 Å². The summed E-state index contributed by atoms with van der Waals surface area (Å²) >= 11 is 4.76. The van der Waals surface area contributed by atoms with Crippen LogP contribution in [0.4, 0.5) is 0 Å². The topological polar surface area (TPSA) is 91.6 Å². The molecule has 1 rings (SSSR count). The number of carbonyl (C=O) groups is 1. The number of phenolic OH excluding ortho intramolecular Hbond substituents is 1. The molecule has 0 aliphatic carbocycles. The van der Waals surface area contributed by atoms with E-state index in [-0.39, 0.29) is 27.8 Å². The highest BCUT2D eigenvalue weighted by Crippen LogP contribution is 2.37. The summed E-state index contributed by atoms with van der Waals surface area (Å²) in [6.07, 6.45) is 4.53. The van der Waals surface area contributed by atoms with E-state index in [1.54, 1.807) is 31.2 Å². The van der Waals surface area contributed by atoms with Crippen LogP contribution >= 0.6 is 12.2 Å². The van der Waals surface area contributed by atoms with E-state index in [0.717, 1.165) is 0 Å². The number of allylic oxidation sites excluding steroid dienone is 2. The number of rotatable bonds is 5. The first-order valence-electron chi connectivity index (χ1n) is 6.48. The second-order valence-electron chi connectivity index (χ2n) is 4.34. The SMILES string of the molecule is COc1cc(/C=C/C=C(\C#N)C(=O)NC(C)=S)cc(OC)c1O. The van der Waals surface area contributed by atoms with Crippen molar-refractivity contribution in [3.63, 3.8) is 0 Å². The van der Waals surface area contributed by atoms with Crippen LogP contribution in [0.15, 0.2) is 29.9 Å². The molecule has 23 heavy (non-hydrogen) atoms. The quantitative estimate of drug-likeness (QED) is 0.372. The zero-order chi connectivity index (χ0) is 17.4. The number of carbonyl (C=O) groups excluding carboxylic acids is 1. The smallest absolute Gasteiger partial charge is 0.266 e. The maximum Gasteiger partial charge on any atom is 0.266 e. The molecule has 0 saturated carbocycles. The summed E-state index contributed by atoms with van der Waals surface area (Å²) in [7, 11) is 2.85. The molecule has 0 fully saturated rings. The Labute approximate surface area is 139 Å². The number of benzene rings is 1. The molecule has 0 saturated heterocycles. The minimum atomic E-state index is -0.564. The maximum absolute atomic E-state index is 11.7. The van der Waals surface area contributed by atoms with Crippen LogP contribution in [0.2, 0.25) is 0 Å². The summed E-state index contributed by atoms with van der Waals surface area (Å²) in [5.74, 6) is -0.160. The molecular weight excluding hydrogens is 316 g/mol. The first-order valence-corrected chi connectivity index (χ1v) is 6.89. The van der Waals surface area contributed by atoms with E-state index < -0.39 is 5.91 Å². The van der Waals surface area contributed by atoms with E-state index in [4.69, 9.17) is 27.0 Å². The minimum Gasteiger partial charge on any atom is -0.502 e. The Morgan fingerprint density at radius 3 is 2.35 bits per heavy atom. The standard InChI is InChI=1S/C16H16N2O4S/c1-10(23)18-16(20)12(9-17)6-4-5-11-7-13(21-2)15(19)14(8-11)22-3/h4-8,19H,1-3H3,(H,18,20,23)/b5-4+,12-6+. The zero-order valence-electron chi connectivity index (χ0n) is 12.9. The Hall–Kier alpha value is -2.85. The number of aromatic hydroxyl groups is 1. The van der Waals surface area contributed by atoms with Gasteiger partial charge in [-0.3, -0.25) is 4.79 Å². The lowest BCUT2D eigenvalue weighted by Crippen LogP contribution is -2.27. The molecule has 6 nitrogen and oxygen atoms in total. The monoisotopic (exact) mass is 332 g/mol. The molecule has 0 bridgehead atoms. The van der Waals surface area contributed by atoms with Gasteiger partial charge in [-0.05, 0) is 30.7 Å². The van der Waals surface area contributed by atoms with Crippen molar-refractivity contribution in [1.29, 1.82) is 5.26 Å². The van der Waals surface area contributed by atoms with Crippen LogP contribution in [0.3, 0.4) is 0 Å². The number of hydrogen-bond donors (Lipinski definition) is 2. The predicted molar refractivity (Wildman–Crippen MR) is 90.4 cm³/mol. The fourth-order valence-corrected chi connectivity index (χ4v) is 1.75. The fraction of sp³-hybridized carbons (Fsp3) is 0.188. The molecule has 1 amide bonds. The van der Waals surface area contributed by atoms with Crippen molar-refractivity contribution < 1.29 is 19.4 Å². The third kappa shape index (κ3) is 5.13. The highest BCUT2D eigenvalue weighted by Gasteiger charge is 2.10. The van der Waals surface area contributed by atoms with Crippen molar-refractivity contribution in [2.75, 3.05) is 14.2 Å². The van der Waals surface area contributed by atoms with E-state index in [2.05, 4.69) is 5.32 Å². The van der Waals surface area contributed by atoms with Crippen molar-refractivity contribution in [3.05, 3.63) is 35.4 Å². The van der Waals surface area contributed by atoms with Crippen molar-refractivity contribution in [2.24, 2.45) is 0 Å². The van der Waals surface area contributed by atoms with Crippen LogP contribution in [0.5, 0.6) is 17.2 Å². The summed E-state index contributed by atoms with van der Waals surface area (Å²) in [6, 6.07) is 4.98. The molecule has 1 aromatic carbocycles. The first-order chi connectivity index (χ1) is 10.9. The summed E-state index contributed by atoms with van der Waals surface area (Å²) in [5, 5.41) is 21.2. The van der Waals surface area contributed by atoms with Crippen LogP contribution in [0.25, 0.3) is 6.08 Å². The van der Waals surface area contributed by atoms with E-state index in [0.29, 0.717) is 5.56 Å². The van der Waals surface area contributed by atoms with Crippen LogP contribution in [0, 0.1) is 11.3 Å². The predicted octanol–water partition coefficient (Wildman–Crippen LogP) is 2.34. The van der Waals surface area contributed by atoms with E-state index in [9.17, 15) is 9.90 Å². The molecule has 120 valence electrons.